The number of carboxylic acid groups (broad SMARTS) is 2. The topological polar surface area (TPSA) is 353 Å². The molecule has 0 atom stereocenters. The van der Waals surface area contributed by atoms with Gasteiger partial charge in [0, 0.05) is 17.5 Å². The van der Waals surface area contributed by atoms with Gasteiger partial charge < -0.3 is 62.7 Å². The van der Waals surface area contributed by atoms with Crippen LogP contribution in [-0.4, -0.2) is 103 Å². The summed E-state index contributed by atoms with van der Waals surface area (Å²) < 4.78 is 52.7. The van der Waals surface area contributed by atoms with Gasteiger partial charge in [0.05, 0.1) is 98.7 Å². The minimum absolute atomic E-state index is 0. The Bertz CT molecular complexity index is 5000. The van der Waals surface area contributed by atoms with Crippen molar-refractivity contribution in [1.82, 2.24) is 20.3 Å². The van der Waals surface area contributed by atoms with Gasteiger partial charge in [-0.15, -0.1) is 47.3 Å². The summed E-state index contributed by atoms with van der Waals surface area (Å²) in [4.78, 5) is 75.2. The SMILES string of the molecule is BrB(Br)Br.C=C(N)c1cc2c(C)ccc(C)c2o1.COC(=O)c1ccc(-c2nc(-c3cc4c(C)ccc(C)c4o3)no2)c(Cl)c1.COC(=O)c1ccc(C(=O)O)c(Cl)c1.COC(=O)c1ccc(C(=O)OC)c(Cl)c1.Cc1ccc(C)c2oc(-c3noc(-c4ccc(C(=O)O)cc4Cl)n3)cc12.[2H]CC.[Li+].[OH-]. The Labute approximate surface area is 654 Å². The van der Waals surface area contributed by atoms with Crippen molar-refractivity contribution in [3.63, 3.8) is 0 Å². The van der Waals surface area contributed by atoms with Crippen LogP contribution in [-0.2, 0) is 18.9 Å². The number of hydrogen-bond acceptors (Lipinski definition) is 21. The van der Waals surface area contributed by atoms with E-state index in [2.05, 4.69) is 106 Å². The van der Waals surface area contributed by atoms with E-state index in [1.807, 2.05) is 83.1 Å². The summed E-state index contributed by atoms with van der Waals surface area (Å²) in [5.74, 6) is -1.54. The molecule has 7 aromatic carbocycles. The summed E-state index contributed by atoms with van der Waals surface area (Å²) >= 11 is 33.2. The van der Waals surface area contributed by atoms with Crippen molar-refractivity contribution >= 4 is 171 Å². The van der Waals surface area contributed by atoms with Crippen molar-refractivity contribution in [2.24, 2.45) is 5.73 Å². The van der Waals surface area contributed by atoms with E-state index >= 15 is 0 Å². The number of hydrogen-bond donors (Lipinski definition) is 3. The first-order chi connectivity index (χ1) is 48.8. The molecule has 0 saturated carbocycles. The predicted octanol–water partition coefficient (Wildman–Crippen LogP) is 17.1. The molecule has 0 aliphatic heterocycles. The molecule has 0 unspecified atom stereocenters. The van der Waals surface area contributed by atoms with Crippen LogP contribution < -0.4 is 24.6 Å². The van der Waals surface area contributed by atoms with E-state index in [4.69, 9.17) is 86.0 Å². The zero-order valence-electron chi connectivity index (χ0n) is 58.6. The molecule has 5 N–H and O–H groups in total. The van der Waals surface area contributed by atoms with Gasteiger partial charge in [0.15, 0.2) is 11.5 Å². The molecule has 0 spiro atoms. The summed E-state index contributed by atoms with van der Waals surface area (Å²) in [6, 6.07) is 35.1. The average Bonchev–Trinajstić information content (AvgIpc) is 1.65. The number of esters is 4. The van der Waals surface area contributed by atoms with E-state index in [0.29, 0.717) is 63.2 Å². The van der Waals surface area contributed by atoms with Crippen LogP contribution in [0.4, 0.5) is 0 Å². The second kappa shape index (κ2) is 40.3. The largest absolute Gasteiger partial charge is 1.00 e. The summed E-state index contributed by atoms with van der Waals surface area (Å²) in [6.07, 6.45) is 0. The first kappa shape index (κ1) is 85.7. The van der Waals surface area contributed by atoms with Gasteiger partial charge in [0.1, 0.15) is 22.5 Å². The van der Waals surface area contributed by atoms with Gasteiger partial charge >= 0.3 is 57.9 Å². The number of nitrogens with zero attached hydrogens (tertiary/aromatic N) is 4. The van der Waals surface area contributed by atoms with Crippen LogP contribution >= 0.6 is 93.7 Å². The van der Waals surface area contributed by atoms with Crippen LogP contribution in [0, 0.1) is 41.5 Å². The number of aromatic carboxylic acids is 2. The van der Waals surface area contributed by atoms with E-state index < -0.39 is 35.8 Å². The quantitative estimate of drug-likeness (QED) is 0.0615. The second-order valence-corrected chi connectivity index (χ2v) is 29.2. The number of benzene rings is 7. The van der Waals surface area contributed by atoms with Crippen LogP contribution in [0.15, 0.2) is 156 Å². The molecular weight excluding hydrogens is 1620 g/mol. The van der Waals surface area contributed by atoms with Crippen LogP contribution in [0.25, 0.3) is 84.7 Å². The van der Waals surface area contributed by atoms with Crippen molar-refractivity contribution in [3.8, 4) is 46.1 Å². The number of aryl methyl sites for hydroxylation is 6. The third-order valence-electron chi connectivity index (χ3n) is 14.4. The van der Waals surface area contributed by atoms with Gasteiger partial charge in [-0.3, -0.25) is 0 Å². The second-order valence-electron chi connectivity index (χ2n) is 21.1. The molecule has 0 radical (unpaired) electrons. The van der Waals surface area contributed by atoms with Crippen molar-refractivity contribution < 1.29 is 106 Å². The Hall–Kier alpha value is -8.98. The summed E-state index contributed by atoms with van der Waals surface area (Å²) in [5.41, 5.74) is 17.2. The van der Waals surface area contributed by atoms with Crippen molar-refractivity contribution in [2.45, 2.75) is 55.4 Å². The van der Waals surface area contributed by atoms with Gasteiger partial charge in [-0.1, -0.05) is 114 Å². The fraction of sp³-hybridized carbons (Fsp3) is 0.167. The maximum atomic E-state index is 11.6. The zero-order valence-corrected chi connectivity index (χ0v) is 65.4. The van der Waals surface area contributed by atoms with E-state index in [1.165, 1.54) is 94.7 Å². The Morgan fingerprint density at radius 2 is 0.798 bits per heavy atom. The molecule has 0 aliphatic rings. The number of furan rings is 3. The minimum Gasteiger partial charge on any atom is -0.870 e. The van der Waals surface area contributed by atoms with Crippen molar-refractivity contribution in [1.29, 1.82) is 0 Å². The van der Waals surface area contributed by atoms with Crippen molar-refractivity contribution in [2.75, 3.05) is 28.4 Å². The Morgan fingerprint density at radius 1 is 0.481 bits per heavy atom. The van der Waals surface area contributed by atoms with E-state index in [0.717, 1.165) is 60.7 Å². The number of methoxy groups -OCH3 is 4. The van der Waals surface area contributed by atoms with Crippen molar-refractivity contribution in [3.05, 3.63) is 227 Å². The zero-order chi connectivity index (χ0) is 76.3. The van der Waals surface area contributed by atoms with Crippen LogP contribution in [0.2, 0.25) is 20.1 Å². The van der Waals surface area contributed by atoms with Gasteiger partial charge in [0.2, 0.25) is 11.6 Å². The first-order valence-electron chi connectivity index (χ1n) is 30.3. The first-order valence-corrected chi connectivity index (χ1v) is 33.9. The molecule has 0 aliphatic carbocycles. The fourth-order valence-corrected chi connectivity index (χ4v) is 10.2. The average molecular weight is 1690 g/mol. The van der Waals surface area contributed by atoms with Gasteiger partial charge in [0.25, 0.3) is 11.8 Å². The minimum atomic E-state index is -1.13. The summed E-state index contributed by atoms with van der Waals surface area (Å²) in [7, 11) is 5.07. The normalized spacial score (nSPS) is 10.2. The molecule has 104 heavy (non-hydrogen) atoms. The Morgan fingerprint density at radius 3 is 1.12 bits per heavy atom. The number of aromatic nitrogens is 4. The summed E-state index contributed by atoms with van der Waals surface area (Å²) in [5, 5.41) is 29.5. The predicted molar refractivity (Wildman–Crippen MR) is 406 cm³/mol. The third kappa shape index (κ3) is 22.3. The number of rotatable bonds is 11. The van der Waals surface area contributed by atoms with Gasteiger partial charge in [-0.05, 0) is 166 Å². The number of ether oxygens (including phenoxy) is 4. The van der Waals surface area contributed by atoms with Crippen LogP contribution in [0.3, 0.4) is 0 Å². The summed E-state index contributed by atoms with van der Waals surface area (Å²) in [6.45, 7) is 18.0. The maximum absolute atomic E-state index is 11.6. The molecule has 0 fully saturated rings. The molecule has 5 heterocycles. The smallest absolute Gasteiger partial charge is 0.870 e. The number of carboxylic acids is 2. The molecule has 0 amide bonds. The van der Waals surface area contributed by atoms with E-state index in [-0.39, 0.29) is 82.2 Å². The molecule has 12 aromatic rings. The number of carbonyl (C=O) groups is 6. The number of carbonyl (C=O) groups excluding carboxylic acids is 4. The maximum Gasteiger partial charge on any atom is 1.00 e. The molecule has 12 rings (SSSR count). The molecule has 23 nitrogen and oxygen atoms in total. The fourth-order valence-electron chi connectivity index (χ4n) is 9.15. The van der Waals surface area contributed by atoms with E-state index in [9.17, 15) is 28.8 Å². The Balaban J connectivity index is 0.000000278. The molecular formula is C72H64BBr3Cl4LiN5O18. The molecule has 5 aromatic heterocycles. The van der Waals surface area contributed by atoms with Gasteiger partial charge in [-0.25, -0.2) is 28.8 Å². The van der Waals surface area contributed by atoms with Gasteiger partial charge in [-0.2, -0.15) is 9.97 Å². The van der Waals surface area contributed by atoms with Crippen LogP contribution in [0.1, 0.15) is 116 Å². The molecule has 538 valence electrons. The molecule has 32 heteroatoms. The third-order valence-corrected chi connectivity index (χ3v) is 15.6. The standard InChI is InChI=1S/C20H15ClN2O4.C19H13ClN2O4.C12H13NO.C10H9ClO4.C9H7ClO4.C2H6.BBr3.Li.H2O/c1-10-4-5-11(2)17-14(10)9-16(26-17)18-22-19(27-23-18)13-7-6-12(8-15(13)21)20(24)25-3;1-9-3-4-10(2)16-13(9)8-15(25-16)17-21-18(26-22-17)12-6-5-11(19(23)24)7-14(12)20;1-7-4-5-8(2)12-10(7)6-11(14-12)9(3)13;1-14-9(12)6-3-4-7(8(11)5-6)10(13)15-2;1-14-9(13)5-2-3-6(8(11)12)7(10)4-5;1-2;2-1(3)4;;/h4-9H,1-3H3;3-8H,1-2H3,(H,23,24);4-6H,3,13H2,1-2H3;3-5H,1-2H3;2-4H,1H3,(H,11,12);1-2H3;;;1H2/q;;;;;;;+1;/p-1/i;;;;;1D;;;. The molecule has 0 saturated heterocycles. The van der Waals surface area contributed by atoms with E-state index in [1.54, 1.807) is 19.1 Å². The monoisotopic (exact) mass is 1680 g/mol. The van der Waals surface area contributed by atoms with Crippen LogP contribution in [0.5, 0.6) is 0 Å². The number of fused-ring (bicyclic) bond motifs is 3. The number of halogens is 7. The molecule has 0 bridgehead atoms. The number of nitrogens with two attached hydrogens (primary N) is 1. The Kier molecular flexibility index (Phi) is 33.2.